The van der Waals surface area contributed by atoms with Crippen LogP contribution in [0.15, 0.2) is 40.5 Å². The first-order chi connectivity index (χ1) is 13.2. The van der Waals surface area contributed by atoms with Crippen LogP contribution in [0.25, 0.3) is 22.5 Å². The SMILES string of the molecule is CS(=O)(=O)c1nccc(-c2ccc3c(c2)C(C(F)(F)F)=NC3)c1-c1nn[nH]n1. The number of aromatic amines is 1. The van der Waals surface area contributed by atoms with Crippen molar-refractivity contribution in [3.63, 3.8) is 0 Å². The van der Waals surface area contributed by atoms with Crippen molar-refractivity contribution in [1.29, 1.82) is 0 Å². The highest BCUT2D eigenvalue weighted by Crippen LogP contribution is 2.37. The third-order valence-corrected chi connectivity index (χ3v) is 5.20. The van der Waals surface area contributed by atoms with Gasteiger partial charge in [0.15, 0.2) is 14.9 Å². The van der Waals surface area contributed by atoms with Crippen LogP contribution in [0.2, 0.25) is 0 Å². The van der Waals surface area contributed by atoms with E-state index in [4.69, 9.17) is 0 Å². The first-order valence-electron chi connectivity index (χ1n) is 7.84. The number of halogens is 3. The highest BCUT2D eigenvalue weighted by molar-refractivity contribution is 7.90. The predicted octanol–water partition coefficient (Wildman–Crippen LogP) is 2.20. The molecule has 0 amide bonds. The number of hydrogen-bond acceptors (Lipinski definition) is 7. The summed E-state index contributed by atoms with van der Waals surface area (Å²) in [6.07, 6.45) is -2.35. The molecule has 12 heteroatoms. The second kappa shape index (κ2) is 6.19. The van der Waals surface area contributed by atoms with Crippen molar-refractivity contribution in [1.82, 2.24) is 25.6 Å². The number of H-pyrrole nitrogens is 1. The largest absolute Gasteiger partial charge is 0.433 e. The highest BCUT2D eigenvalue weighted by atomic mass is 32.2. The molecule has 0 fully saturated rings. The van der Waals surface area contributed by atoms with E-state index in [-0.39, 0.29) is 28.5 Å². The van der Waals surface area contributed by atoms with Gasteiger partial charge in [0, 0.05) is 18.0 Å². The molecule has 0 radical (unpaired) electrons. The molecule has 0 saturated heterocycles. The van der Waals surface area contributed by atoms with Gasteiger partial charge in [0.05, 0.1) is 12.1 Å². The number of benzene rings is 1. The van der Waals surface area contributed by atoms with E-state index in [1.807, 2.05) is 0 Å². The summed E-state index contributed by atoms with van der Waals surface area (Å²) < 4.78 is 64.1. The molecule has 1 aliphatic rings. The summed E-state index contributed by atoms with van der Waals surface area (Å²) in [6, 6.07) is 5.95. The van der Waals surface area contributed by atoms with Crippen LogP contribution in [0.3, 0.4) is 0 Å². The molecular weight excluding hydrogens is 397 g/mol. The van der Waals surface area contributed by atoms with E-state index in [1.54, 1.807) is 6.07 Å². The van der Waals surface area contributed by atoms with Crippen LogP contribution in [0.1, 0.15) is 11.1 Å². The Morgan fingerprint density at radius 2 is 1.93 bits per heavy atom. The zero-order chi connectivity index (χ0) is 20.1. The Hall–Kier alpha value is -3.15. The minimum absolute atomic E-state index is 0.0336. The number of tetrazole rings is 1. The number of aromatic nitrogens is 5. The molecule has 0 spiro atoms. The van der Waals surface area contributed by atoms with Crippen LogP contribution in [0.5, 0.6) is 0 Å². The summed E-state index contributed by atoms with van der Waals surface area (Å²) in [5.74, 6) is -0.0336. The van der Waals surface area contributed by atoms with E-state index in [2.05, 4.69) is 30.6 Å². The number of aliphatic imine (C=N–C) groups is 1. The minimum atomic E-state index is -4.59. The first kappa shape index (κ1) is 18.2. The molecule has 3 aromatic rings. The number of nitrogens with one attached hydrogen (secondary N) is 1. The molecule has 2 aromatic heterocycles. The average Bonchev–Trinajstić information content (AvgIpc) is 3.29. The van der Waals surface area contributed by atoms with E-state index in [9.17, 15) is 21.6 Å². The van der Waals surface area contributed by atoms with Gasteiger partial charge in [0.25, 0.3) is 0 Å². The van der Waals surface area contributed by atoms with Gasteiger partial charge in [-0.1, -0.05) is 12.1 Å². The van der Waals surface area contributed by atoms with Gasteiger partial charge in [0.1, 0.15) is 5.71 Å². The van der Waals surface area contributed by atoms with Crippen LogP contribution in [0, 0.1) is 0 Å². The average molecular weight is 408 g/mol. The van der Waals surface area contributed by atoms with E-state index in [1.165, 1.54) is 24.4 Å². The molecule has 1 aliphatic heterocycles. The summed E-state index contributed by atoms with van der Waals surface area (Å²) >= 11 is 0. The van der Waals surface area contributed by atoms with Gasteiger partial charge < -0.3 is 0 Å². The number of alkyl halides is 3. The van der Waals surface area contributed by atoms with Gasteiger partial charge in [-0.3, -0.25) is 4.99 Å². The summed E-state index contributed by atoms with van der Waals surface area (Å²) in [5, 5.41) is 13.0. The van der Waals surface area contributed by atoms with E-state index in [0.717, 1.165) is 6.26 Å². The third-order valence-electron chi connectivity index (χ3n) is 4.19. The van der Waals surface area contributed by atoms with Crippen molar-refractivity contribution in [2.45, 2.75) is 17.7 Å². The fraction of sp³-hybridized carbons (Fsp3) is 0.188. The molecule has 1 N–H and O–H groups in total. The fourth-order valence-corrected chi connectivity index (χ4v) is 3.87. The van der Waals surface area contributed by atoms with Crippen LogP contribution in [-0.4, -0.2) is 52.2 Å². The van der Waals surface area contributed by atoms with Gasteiger partial charge in [-0.2, -0.15) is 18.4 Å². The third kappa shape index (κ3) is 3.05. The Morgan fingerprint density at radius 1 is 1.14 bits per heavy atom. The quantitative estimate of drug-likeness (QED) is 0.711. The van der Waals surface area contributed by atoms with E-state index >= 15 is 0 Å². The van der Waals surface area contributed by atoms with Crippen molar-refractivity contribution in [2.75, 3.05) is 6.26 Å². The van der Waals surface area contributed by atoms with Crippen molar-refractivity contribution in [3.05, 3.63) is 41.6 Å². The molecule has 0 atom stereocenters. The number of pyridine rings is 1. The summed E-state index contributed by atoms with van der Waals surface area (Å²) in [6.45, 7) is -0.0624. The molecule has 8 nitrogen and oxygen atoms in total. The number of hydrogen-bond donors (Lipinski definition) is 1. The van der Waals surface area contributed by atoms with Crippen LogP contribution in [-0.2, 0) is 16.4 Å². The van der Waals surface area contributed by atoms with Crippen molar-refractivity contribution < 1.29 is 21.6 Å². The number of nitrogens with zero attached hydrogens (tertiary/aromatic N) is 5. The molecule has 4 rings (SSSR count). The first-order valence-corrected chi connectivity index (χ1v) is 9.73. The maximum absolute atomic E-state index is 13.2. The minimum Gasteiger partial charge on any atom is -0.275 e. The second-order valence-electron chi connectivity index (χ2n) is 6.08. The topological polar surface area (TPSA) is 114 Å². The van der Waals surface area contributed by atoms with Crippen molar-refractivity contribution >= 4 is 15.5 Å². The Morgan fingerprint density at radius 3 is 2.57 bits per heavy atom. The summed E-state index contributed by atoms with van der Waals surface area (Å²) in [7, 11) is -3.77. The maximum atomic E-state index is 13.2. The fourth-order valence-electron chi connectivity index (χ4n) is 3.04. The Bertz CT molecular complexity index is 1200. The lowest BCUT2D eigenvalue weighted by atomic mass is 9.95. The zero-order valence-electron chi connectivity index (χ0n) is 14.2. The summed E-state index contributed by atoms with van der Waals surface area (Å²) in [4.78, 5) is 7.49. The molecular formula is C16H11F3N6O2S. The van der Waals surface area contributed by atoms with E-state index in [0.29, 0.717) is 16.7 Å². The van der Waals surface area contributed by atoms with Gasteiger partial charge >= 0.3 is 6.18 Å². The van der Waals surface area contributed by atoms with Gasteiger partial charge in [-0.25, -0.2) is 13.4 Å². The predicted molar refractivity (Wildman–Crippen MR) is 92.3 cm³/mol. The molecule has 0 bridgehead atoms. The van der Waals surface area contributed by atoms with Gasteiger partial charge in [-0.15, -0.1) is 10.2 Å². The second-order valence-corrected chi connectivity index (χ2v) is 8.01. The lowest BCUT2D eigenvalue weighted by Crippen LogP contribution is -2.22. The molecule has 1 aromatic carbocycles. The van der Waals surface area contributed by atoms with Crippen LogP contribution >= 0.6 is 0 Å². The molecule has 0 unspecified atom stereocenters. The standard InChI is InChI=1S/C16H11F3N6O2S/c1-28(26,27)15-12(14-22-24-25-23-14)10(4-5-20-15)8-2-3-9-7-21-13(11(9)6-8)16(17,18)19/h2-6H,7H2,1H3,(H,22,23,24,25). The lowest BCUT2D eigenvalue weighted by Gasteiger charge is -2.13. The molecule has 28 heavy (non-hydrogen) atoms. The lowest BCUT2D eigenvalue weighted by molar-refractivity contribution is -0.0579. The monoisotopic (exact) mass is 408 g/mol. The normalized spacial score (nSPS) is 14.1. The molecule has 144 valence electrons. The van der Waals surface area contributed by atoms with Gasteiger partial charge in [0.2, 0.25) is 5.82 Å². The molecule has 0 saturated carbocycles. The summed E-state index contributed by atoms with van der Waals surface area (Å²) in [5.41, 5.74) is 0.166. The van der Waals surface area contributed by atoms with E-state index < -0.39 is 21.7 Å². The van der Waals surface area contributed by atoms with Crippen molar-refractivity contribution in [3.8, 4) is 22.5 Å². The zero-order valence-corrected chi connectivity index (χ0v) is 15.0. The number of sulfone groups is 1. The highest BCUT2D eigenvalue weighted by Gasteiger charge is 2.40. The Balaban J connectivity index is 1.96. The van der Waals surface area contributed by atoms with Gasteiger partial charge in [-0.05, 0) is 34.0 Å². The molecule has 0 aliphatic carbocycles. The van der Waals surface area contributed by atoms with Crippen molar-refractivity contribution in [2.24, 2.45) is 4.99 Å². The molecule has 3 heterocycles. The smallest absolute Gasteiger partial charge is 0.275 e. The maximum Gasteiger partial charge on any atom is 0.433 e. The number of rotatable bonds is 3. The van der Waals surface area contributed by atoms with Crippen LogP contribution in [0.4, 0.5) is 13.2 Å². The Labute approximate surface area is 156 Å². The Kier molecular flexibility index (Phi) is 4.03. The number of fused-ring (bicyclic) bond motifs is 1. The van der Waals surface area contributed by atoms with Crippen LogP contribution < -0.4 is 0 Å².